The largest absolute Gasteiger partial charge is 0.398 e. The van der Waals surface area contributed by atoms with E-state index in [9.17, 15) is 4.39 Å². The van der Waals surface area contributed by atoms with E-state index in [0.717, 1.165) is 37.4 Å². The third-order valence-corrected chi connectivity index (χ3v) is 8.61. The molecule has 0 fully saturated rings. The Morgan fingerprint density at radius 3 is 2.82 bits per heavy atom. The number of fused-ring (bicyclic) bond motifs is 1. The summed E-state index contributed by atoms with van der Waals surface area (Å²) in [6.07, 6.45) is 3.74. The van der Waals surface area contributed by atoms with E-state index in [1.807, 2.05) is 26.1 Å². The van der Waals surface area contributed by atoms with Crippen molar-refractivity contribution in [3.63, 3.8) is 0 Å². The van der Waals surface area contributed by atoms with Crippen molar-refractivity contribution < 1.29 is 4.39 Å². The second-order valence-corrected chi connectivity index (χ2v) is 10.5. The van der Waals surface area contributed by atoms with Crippen molar-refractivity contribution in [2.45, 2.75) is 13.8 Å². The van der Waals surface area contributed by atoms with E-state index in [0.29, 0.717) is 0 Å². The van der Waals surface area contributed by atoms with Gasteiger partial charge in [0.25, 0.3) is 0 Å². The van der Waals surface area contributed by atoms with Crippen LogP contribution in [0.1, 0.15) is 19.4 Å². The van der Waals surface area contributed by atoms with E-state index in [2.05, 4.69) is 21.2 Å². The van der Waals surface area contributed by atoms with E-state index in [1.165, 1.54) is 3.58 Å². The molecule has 3 N–H and O–H groups in total. The summed E-state index contributed by atoms with van der Waals surface area (Å²) >= 11 is -1.05. The maximum atomic E-state index is 14.6. The van der Waals surface area contributed by atoms with Gasteiger partial charge in [-0.05, 0) is 67.4 Å². The molecule has 0 radical (unpaired) electrons. The number of allylic oxidation sites excluding steroid dienone is 4. The van der Waals surface area contributed by atoms with Crippen LogP contribution >= 0.6 is 41.5 Å². The zero-order valence-electron chi connectivity index (χ0n) is 12.5. The Hall–Kier alpha value is -0.900. The summed E-state index contributed by atoms with van der Waals surface area (Å²) in [6, 6.07) is 1.99. The highest BCUT2D eigenvalue weighted by atomic mass is 127. The Kier molecular flexibility index (Phi) is 4.58. The van der Waals surface area contributed by atoms with Crippen molar-refractivity contribution in [2.24, 2.45) is 5.73 Å². The number of aromatic nitrogens is 1. The summed E-state index contributed by atoms with van der Waals surface area (Å²) in [5.74, 6) is 0.807. The topological polar surface area (TPSA) is 50.9 Å². The van der Waals surface area contributed by atoms with Gasteiger partial charge in [-0.1, -0.05) is 20.7 Å². The summed E-state index contributed by atoms with van der Waals surface area (Å²) < 4.78 is 19.1. The van der Waals surface area contributed by atoms with E-state index in [1.54, 1.807) is 6.20 Å². The van der Waals surface area contributed by atoms with Gasteiger partial charge in [0.2, 0.25) is 0 Å². The van der Waals surface area contributed by atoms with Crippen LogP contribution in [-0.4, -0.2) is 19.8 Å². The van der Waals surface area contributed by atoms with Crippen molar-refractivity contribution in [2.75, 3.05) is 12.4 Å². The Balaban J connectivity index is 2.15. The van der Waals surface area contributed by atoms with Crippen LogP contribution in [0.4, 0.5) is 10.2 Å². The van der Waals surface area contributed by atoms with Crippen LogP contribution in [0.5, 0.6) is 0 Å². The maximum Gasteiger partial charge on any atom is 0.163 e. The highest BCUT2D eigenvalue weighted by Gasteiger charge is 2.21. The molecule has 0 spiro atoms. The van der Waals surface area contributed by atoms with Crippen LogP contribution in [0.15, 0.2) is 38.3 Å². The van der Waals surface area contributed by atoms with Gasteiger partial charge in [0.1, 0.15) is 5.82 Å². The van der Waals surface area contributed by atoms with Crippen LogP contribution in [0.2, 0.25) is 0 Å². The van der Waals surface area contributed by atoms with Crippen molar-refractivity contribution in [1.29, 1.82) is 0 Å². The fraction of sp³-hybridized carbons (Fsp3) is 0.188. The molecule has 0 bridgehead atoms. The van der Waals surface area contributed by atoms with Crippen molar-refractivity contribution in [3.05, 3.63) is 47.4 Å². The number of pyridine rings is 1. The smallest absolute Gasteiger partial charge is 0.163 e. The van der Waals surface area contributed by atoms with Crippen LogP contribution in [-0.2, 0) is 0 Å². The molecule has 0 amide bonds. The highest BCUT2D eigenvalue weighted by Crippen LogP contribution is 2.37. The number of hydrogen-bond acceptors (Lipinski definition) is 3. The molecule has 0 aromatic carbocycles. The van der Waals surface area contributed by atoms with Gasteiger partial charge >= 0.3 is 0 Å². The molecule has 2 aliphatic heterocycles. The quantitative estimate of drug-likeness (QED) is 0.576. The minimum atomic E-state index is -0.806. The van der Waals surface area contributed by atoms with E-state index < -0.39 is 20.7 Å². The average molecular weight is 523 g/mol. The molecule has 3 rings (SSSR count). The molecule has 116 valence electrons. The second kappa shape index (κ2) is 6.31. The summed E-state index contributed by atoms with van der Waals surface area (Å²) in [5.41, 5.74) is 10.8. The van der Waals surface area contributed by atoms with Crippen LogP contribution < -0.4 is 11.1 Å². The SMILES string of the molecule is CNc1cc2c(cn1)I=C(F)C(C1=C(C)C(N)=C(C)I=C1)=C2. The average Bonchev–Trinajstić information content (AvgIpc) is 2.52. The van der Waals surface area contributed by atoms with Gasteiger partial charge in [0.05, 0.1) is 0 Å². The molecule has 0 saturated carbocycles. The van der Waals surface area contributed by atoms with Gasteiger partial charge in [0.15, 0.2) is 3.76 Å². The first kappa shape index (κ1) is 16.0. The number of nitrogens with one attached hydrogen (secondary N) is 1. The number of halogens is 3. The lowest BCUT2D eigenvalue weighted by molar-refractivity contribution is 0.833. The van der Waals surface area contributed by atoms with Gasteiger partial charge in [0, 0.05) is 31.7 Å². The third-order valence-electron chi connectivity index (χ3n) is 3.63. The van der Waals surface area contributed by atoms with Crippen molar-refractivity contribution >= 4 is 61.1 Å². The molecule has 22 heavy (non-hydrogen) atoms. The first-order valence-electron chi connectivity index (χ1n) is 6.73. The van der Waals surface area contributed by atoms with Gasteiger partial charge in [-0.3, -0.25) is 0 Å². The molecule has 0 unspecified atom stereocenters. The molecule has 6 heteroatoms. The number of nitrogens with two attached hydrogens (primary N) is 1. The standard InChI is InChI=1S/C16H16FI2N3/c1-8-12(6-18-9(2)15(8)20)11-4-10-5-14(21-3)22-7-13(10)19-16(11)17/h4-7H,20H2,1-3H3,(H,21,22). The predicted molar refractivity (Wildman–Crippen MR) is 110 cm³/mol. The summed E-state index contributed by atoms with van der Waals surface area (Å²) in [4.78, 5) is 4.28. The molecule has 0 atom stereocenters. The molecular formula is C16H16FI2N3. The number of rotatable bonds is 2. The number of anilines is 1. The molecule has 3 heterocycles. The van der Waals surface area contributed by atoms with E-state index in [4.69, 9.17) is 5.73 Å². The number of hydrogen-bond donors (Lipinski definition) is 2. The fourth-order valence-electron chi connectivity index (χ4n) is 2.25. The number of nitrogens with zero attached hydrogens (tertiary/aromatic N) is 1. The first-order valence-corrected chi connectivity index (χ1v) is 11.2. The molecule has 1 aromatic heterocycles. The van der Waals surface area contributed by atoms with Gasteiger partial charge in [-0.2, -0.15) is 4.39 Å². The molecule has 2 aliphatic rings. The lowest BCUT2D eigenvalue weighted by atomic mass is 9.99. The van der Waals surface area contributed by atoms with Crippen molar-refractivity contribution in [1.82, 2.24) is 4.98 Å². The Bertz CT molecular complexity index is 817. The van der Waals surface area contributed by atoms with Crippen LogP contribution in [0.3, 0.4) is 0 Å². The van der Waals surface area contributed by atoms with Gasteiger partial charge < -0.3 is 11.1 Å². The minimum Gasteiger partial charge on any atom is -0.398 e. The Morgan fingerprint density at radius 2 is 2.09 bits per heavy atom. The summed E-state index contributed by atoms with van der Waals surface area (Å²) in [7, 11) is 1.84. The Labute approximate surface area is 149 Å². The Morgan fingerprint density at radius 1 is 1.32 bits per heavy atom. The first-order chi connectivity index (χ1) is 10.5. The molecule has 0 aliphatic carbocycles. The summed E-state index contributed by atoms with van der Waals surface area (Å²) in [6.45, 7) is 4.06. The highest BCUT2D eigenvalue weighted by molar-refractivity contribution is 14.2. The summed E-state index contributed by atoms with van der Waals surface area (Å²) in [5, 5.41) is 3.03. The van der Waals surface area contributed by atoms with Gasteiger partial charge in [-0.25, -0.2) is 4.98 Å². The predicted octanol–water partition coefficient (Wildman–Crippen LogP) is 4.05. The fourth-order valence-corrected chi connectivity index (χ4v) is 6.72. The van der Waals surface area contributed by atoms with E-state index in [-0.39, 0.29) is 24.5 Å². The molecular weight excluding hydrogens is 507 g/mol. The van der Waals surface area contributed by atoms with Crippen LogP contribution in [0.25, 0.3) is 6.08 Å². The molecule has 0 saturated heterocycles. The normalized spacial score (nSPS) is 18.0. The maximum absolute atomic E-state index is 14.6. The van der Waals surface area contributed by atoms with Gasteiger partial charge in [-0.15, -0.1) is 0 Å². The minimum absolute atomic E-state index is 0.00673. The van der Waals surface area contributed by atoms with E-state index >= 15 is 0 Å². The zero-order valence-corrected chi connectivity index (χ0v) is 16.8. The second-order valence-electron chi connectivity index (χ2n) is 4.96. The molecule has 1 aromatic rings. The monoisotopic (exact) mass is 523 g/mol. The van der Waals surface area contributed by atoms with Crippen molar-refractivity contribution in [3.8, 4) is 0 Å². The molecule has 3 nitrogen and oxygen atoms in total. The van der Waals surface area contributed by atoms with Crippen LogP contribution in [0, 0.1) is 3.57 Å². The third kappa shape index (κ3) is 2.82. The lowest BCUT2D eigenvalue weighted by Crippen LogP contribution is -2.11. The lowest BCUT2D eigenvalue weighted by Gasteiger charge is -2.19. The zero-order chi connectivity index (χ0) is 15.9.